The highest BCUT2D eigenvalue weighted by Crippen LogP contribution is 2.26. The zero-order chi connectivity index (χ0) is 16.1. The van der Waals surface area contributed by atoms with E-state index in [1.807, 2.05) is 38.2 Å². The first-order valence-electron chi connectivity index (χ1n) is 7.44. The van der Waals surface area contributed by atoms with E-state index >= 15 is 0 Å². The fourth-order valence-corrected chi connectivity index (χ4v) is 2.39. The van der Waals surface area contributed by atoms with Crippen LogP contribution in [-0.2, 0) is 9.59 Å². The first-order chi connectivity index (χ1) is 10.5. The van der Waals surface area contributed by atoms with Gasteiger partial charge in [-0.25, -0.2) is 0 Å². The molecule has 1 saturated heterocycles. The largest absolute Gasteiger partial charge is 0.497 e. The zero-order valence-electron chi connectivity index (χ0n) is 13.3. The molecule has 22 heavy (non-hydrogen) atoms. The van der Waals surface area contributed by atoms with Crippen LogP contribution in [0.15, 0.2) is 24.3 Å². The average molecular weight is 305 g/mol. The highest BCUT2D eigenvalue weighted by molar-refractivity contribution is 6.00. The van der Waals surface area contributed by atoms with Gasteiger partial charge < -0.3 is 20.3 Å². The second-order valence-electron chi connectivity index (χ2n) is 5.54. The number of rotatable bonds is 6. The summed E-state index contributed by atoms with van der Waals surface area (Å²) in [6, 6.07) is 7.49. The van der Waals surface area contributed by atoms with Gasteiger partial charge in [-0.2, -0.15) is 0 Å². The molecule has 0 radical (unpaired) electrons. The van der Waals surface area contributed by atoms with Crippen molar-refractivity contribution in [3.63, 3.8) is 0 Å². The molecule has 2 atom stereocenters. The van der Waals surface area contributed by atoms with Crippen LogP contribution in [-0.4, -0.2) is 45.1 Å². The minimum absolute atomic E-state index is 0.0213. The molecule has 1 aromatic carbocycles. The van der Waals surface area contributed by atoms with Gasteiger partial charge in [0.05, 0.1) is 13.0 Å². The number of methoxy groups -OCH3 is 1. The normalized spacial score (nSPS) is 19.1. The highest BCUT2D eigenvalue weighted by atomic mass is 16.5. The molecule has 0 spiro atoms. The third-order valence-electron chi connectivity index (χ3n) is 3.96. The number of carbonyl (C=O) groups is 2. The van der Waals surface area contributed by atoms with Crippen LogP contribution in [0.4, 0.5) is 5.69 Å². The molecule has 2 unspecified atom stereocenters. The molecule has 120 valence electrons. The van der Waals surface area contributed by atoms with E-state index in [0.717, 1.165) is 11.4 Å². The maximum Gasteiger partial charge on any atom is 0.227 e. The molecule has 1 fully saturated rings. The van der Waals surface area contributed by atoms with Crippen molar-refractivity contribution < 1.29 is 14.3 Å². The quantitative estimate of drug-likeness (QED) is 0.814. The number of nitrogens with zero attached hydrogens (tertiary/aromatic N) is 1. The van der Waals surface area contributed by atoms with Crippen LogP contribution in [0.5, 0.6) is 5.75 Å². The fraction of sp³-hybridized carbons (Fsp3) is 0.500. The summed E-state index contributed by atoms with van der Waals surface area (Å²) in [5.41, 5.74) is 0.796. The molecule has 1 heterocycles. The number of nitrogens with one attached hydrogen (secondary N) is 2. The number of hydrogen-bond acceptors (Lipinski definition) is 4. The van der Waals surface area contributed by atoms with Crippen molar-refractivity contribution >= 4 is 17.5 Å². The van der Waals surface area contributed by atoms with E-state index in [9.17, 15) is 9.59 Å². The lowest BCUT2D eigenvalue weighted by Crippen LogP contribution is -2.40. The summed E-state index contributed by atoms with van der Waals surface area (Å²) in [6.45, 7) is 2.97. The van der Waals surface area contributed by atoms with Crippen LogP contribution in [0.2, 0.25) is 0 Å². The van der Waals surface area contributed by atoms with Gasteiger partial charge in [0.2, 0.25) is 11.8 Å². The molecule has 2 amide bonds. The second kappa shape index (κ2) is 7.26. The van der Waals surface area contributed by atoms with Crippen molar-refractivity contribution in [2.75, 3.05) is 32.1 Å². The Hall–Kier alpha value is -2.08. The SMILES string of the molecule is CNC(C)CNC(=O)C1CC(=O)N(c2ccc(OC)cc2)C1. The summed E-state index contributed by atoms with van der Waals surface area (Å²) < 4.78 is 5.11. The smallest absolute Gasteiger partial charge is 0.227 e. The van der Waals surface area contributed by atoms with Crippen molar-refractivity contribution in [3.8, 4) is 5.75 Å². The van der Waals surface area contributed by atoms with E-state index in [0.29, 0.717) is 13.1 Å². The molecule has 0 bridgehead atoms. The Kier molecular flexibility index (Phi) is 5.38. The van der Waals surface area contributed by atoms with Gasteiger partial charge in [0.15, 0.2) is 0 Å². The number of carbonyl (C=O) groups excluding carboxylic acids is 2. The maximum absolute atomic E-state index is 12.2. The minimum atomic E-state index is -0.293. The molecule has 1 aliphatic rings. The molecule has 1 aliphatic heterocycles. The average Bonchev–Trinajstić information content (AvgIpc) is 2.94. The van der Waals surface area contributed by atoms with Gasteiger partial charge in [0, 0.05) is 31.2 Å². The molecule has 0 aliphatic carbocycles. The summed E-state index contributed by atoms with van der Waals surface area (Å²) in [6.07, 6.45) is 0.256. The monoisotopic (exact) mass is 305 g/mol. The summed E-state index contributed by atoms with van der Waals surface area (Å²) >= 11 is 0. The number of amides is 2. The van der Waals surface area contributed by atoms with Crippen LogP contribution >= 0.6 is 0 Å². The Morgan fingerprint density at radius 2 is 2.09 bits per heavy atom. The Labute approximate surface area is 130 Å². The second-order valence-corrected chi connectivity index (χ2v) is 5.54. The first kappa shape index (κ1) is 16.3. The van der Waals surface area contributed by atoms with E-state index in [4.69, 9.17) is 4.74 Å². The predicted octanol–water partition coefficient (Wildman–Crippen LogP) is 0.772. The van der Waals surface area contributed by atoms with Crippen molar-refractivity contribution in [2.45, 2.75) is 19.4 Å². The topological polar surface area (TPSA) is 70.7 Å². The third kappa shape index (κ3) is 3.76. The number of benzene rings is 1. The lowest BCUT2D eigenvalue weighted by Gasteiger charge is -2.17. The Morgan fingerprint density at radius 1 is 1.41 bits per heavy atom. The number of ether oxygens (including phenoxy) is 1. The van der Waals surface area contributed by atoms with E-state index in [1.165, 1.54) is 0 Å². The molecular formula is C16H23N3O3. The van der Waals surface area contributed by atoms with Crippen LogP contribution in [0, 0.1) is 5.92 Å². The number of anilines is 1. The first-order valence-corrected chi connectivity index (χ1v) is 7.44. The van der Waals surface area contributed by atoms with E-state index in [-0.39, 0.29) is 30.2 Å². The van der Waals surface area contributed by atoms with Crippen LogP contribution in [0.25, 0.3) is 0 Å². The van der Waals surface area contributed by atoms with Gasteiger partial charge >= 0.3 is 0 Å². The lowest BCUT2D eigenvalue weighted by atomic mass is 10.1. The highest BCUT2D eigenvalue weighted by Gasteiger charge is 2.35. The van der Waals surface area contributed by atoms with Gasteiger partial charge in [-0.3, -0.25) is 9.59 Å². The van der Waals surface area contributed by atoms with Gasteiger partial charge in [0.1, 0.15) is 5.75 Å². The number of likely N-dealkylation sites (N-methyl/N-ethyl adjacent to an activating group) is 1. The molecule has 0 saturated carbocycles. The van der Waals surface area contributed by atoms with Crippen LogP contribution in [0.3, 0.4) is 0 Å². The molecule has 2 N–H and O–H groups in total. The fourth-order valence-electron chi connectivity index (χ4n) is 2.39. The van der Waals surface area contributed by atoms with E-state index in [2.05, 4.69) is 10.6 Å². The summed E-state index contributed by atoms with van der Waals surface area (Å²) in [7, 11) is 3.45. The summed E-state index contributed by atoms with van der Waals surface area (Å²) in [5.74, 6) is 0.364. The van der Waals surface area contributed by atoms with E-state index in [1.54, 1.807) is 12.0 Å². The Morgan fingerprint density at radius 3 is 2.68 bits per heavy atom. The lowest BCUT2D eigenvalue weighted by molar-refractivity contribution is -0.126. The summed E-state index contributed by atoms with van der Waals surface area (Å²) in [5, 5.41) is 5.95. The van der Waals surface area contributed by atoms with E-state index < -0.39 is 0 Å². The van der Waals surface area contributed by atoms with Crippen molar-refractivity contribution in [2.24, 2.45) is 5.92 Å². The Balaban J connectivity index is 1.96. The zero-order valence-corrected chi connectivity index (χ0v) is 13.3. The van der Waals surface area contributed by atoms with Gasteiger partial charge in [-0.15, -0.1) is 0 Å². The van der Waals surface area contributed by atoms with Gasteiger partial charge in [-0.05, 0) is 38.2 Å². The van der Waals surface area contributed by atoms with Crippen molar-refractivity contribution in [1.82, 2.24) is 10.6 Å². The number of hydrogen-bond donors (Lipinski definition) is 2. The standard InChI is InChI=1S/C16H23N3O3/c1-11(17-2)9-18-16(21)12-8-15(20)19(10-12)13-4-6-14(22-3)7-5-13/h4-7,11-12,17H,8-10H2,1-3H3,(H,18,21). The minimum Gasteiger partial charge on any atom is -0.497 e. The predicted molar refractivity (Wildman–Crippen MR) is 85.0 cm³/mol. The molecule has 1 aromatic rings. The molecule has 2 rings (SSSR count). The Bertz CT molecular complexity index is 530. The maximum atomic E-state index is 12.2. The molecule has 6 nitrogen and oxygen atoms in total. The summed E-state index contributed by atoms with van der Waals surface area (Å²) in [4.78, 5) is 25.9. The van der Waals surface area contributed by atoms with Crippen LogP contribution in [0.1, 0.15) is 13.3 Å². The van der Waals surface area contributed by atoms with Crippen LogP contribution < -0.4 is 20.3 Å². The van der Waals surface area contributed by atoms with Gasteiger partial charge in [0.25, 0.3) is 0 Å². The van der Waals surface area contributed by atoms with Crippen molar-refractivity contribution in [3.05, 3.63) is 24.3 Å². The van der Waals surface area contributed by atoms with Gasteiger partial charge in [-0.1, -0.05) is 0 Å². The molecule has 0 aromatic heterocycles. The third-order valence-corrected chi connectivity index (χ3v) is 3.96. The van der Waals surface area contributed by atoms with Crippen molar-refractivity contribution in [1.29, 1.82) is 0 Å². The molecular weight excluding hydrogens is 282 g/mol. The molecule has 6 heteroatoms.